The van der Waals surface area contributed by atoms with Crippen LogP contribution in [-0.4, -0.2) is 30.5 Å². The molecule has 1 unspecified atom stereocenters. The molecular weight excluding hydrogens is 258 g/mol. The minimum absolute atomic E-state index is 0.378. The Morgan fingerprint density at radius 3 is 2.70 bits per heavy atom. The van der Waals surface area contributed by atoms with Crippen molar-refractivity contribution < 1.29 is 14.0 Å². The van der Waals surface area contributed by atoms with E-state index in [4.69, 9.17) is 19.7 Å². The first-order valence-corrected chi connectivity index (χ1v) is 6.56. The van der Waals surface area contributed by atoms with Gasteiger partial charge in [-0.2, -0.15) is 4.98 Å². The molecule has 0 aliphatic carbocycles. The third-order valence-electron chi connectivity index (χ3n) is 2.76. The predicted octanol–water partition coefficient (Wildman–Crippen LogP) is 2.17. The highest BCUT2D eigenvalue weighted by Gasteiger charge is 2.15. The summed E-state index contributed by atoms with van der Waals surface area (Å²) in [7, 11) is 1.62. The van der Waals surface area contributed by atoms with Crippen molar-refractivity contribution in [2.75, 3.05) is 20.3 Å². The van der Waals surface area contributed by atoms with Crippen LogP contribution in [0.3, 0.4) is 0 Å². The lowest BCUT2D eigenvalue weighted by molar-refractivity contribution is 0.119. The van der Waals surface area contributed by atoms with Crippen LogP contribution in [0.5, 0.6) is 5.75 Å². The van der Waals surface area contributed by atoms with Crippen LogP contribution in [0, 0.1) is 0 Å². The van der Waals surface area contributed by atoms with E-state index in [2.05, 4.69) is 10.1 Å². The second-order valence-corrected chi connectivity index (χ2v) is 4.37. The second kappa shape index (κ2) is 7.02. The molecule has 1 atom stereocenters. The molecule has 1 aromatic heterocycles. The Labute approximate surface area is 117 Å². The van der Waals surface area contributed by atoms with Gasteiger partial charge in [-0.3, -0.25) is 0 Å². The molecule has 2 N–H and O–H groups in total. The highest BCUT2D eigenvalue weighted by atomic mass is 16.5. The van der Waals surface area contributed by atoms with Gasteiger partial charge in [0, 0.05) is 12.2 Å². The van der Waals surface area contributed by atoms with Gasteiger partial charge in [0.1, 0.15) is 5.75 Å². The van der Waals surface area contributed by atoms with Crippen molar-refractivity contribution in [1.29, 1.82) is 0 Å². The molecule has 108 valence electrons. The summed E-state index contributed by atoms with van der Waals surface area (Å²) in [5.41, 5.74) is 6.77. The Morgan fingerprint density at radius 2 is 2.05 bits per heavy atom. The number of nitrogens with zero attached hydrogens (tertiary/aromatic N) is 2. The average molecular weight is 277 g/mol. The number of hydrogen-bond acceptors (Lipinski definition) is 6. The minimum Gasteiger partial charge on any atom is -0.497 e. The molecule has 0 aliphatic rings. The van der Waals surface area contributed by atoms with Crippen LogP contribution in [0.2, 0.25) is 0 Å². The normalized spacial score (nSPS) is 12.3. The van der Waals surface area contributed by atoms with E-state index in [1.165, 1.54) is 0 Å². The van der Waals surface area contributed by atoms with Gasteiger partial charge in [-0.25, -0.2) is 0 Å². The van der Waals surface area contributed by atoms with E-state index in [1.807, 2.05) is 31.2 Å². The zero-order valence-electron chi connectivity index (χ0n) is 11.7. The van der Waals surface area contributed by atoms with Gasteiger partial charge >= 0.3 is 0 Å². The van der Waals surface area contributed by atoms with E-state index in [0.29, 0.717) is 24.9 Å². The Hall–Kier alpha value is -1.92. The summed E-state index contributed by atoms with van der Waals surface area (Å²) in [6, 6.07) is 7.01. The first kappa shape index (κ1) is 14.5. The monoisotopic (exact) mass is 277 g/mol. The standard InChI is InChI=1S/C14H19N3O3/c1-3-8-19-9-12(15)13-16-14(20-17-13)10-4-6-11(18-2)7-5-10/h4-7,12H,3,8-9,15H2,1-2H3. The third-order valence-corrected chi connectivity index (χ3v) is 2.76. The van der Waals surface area contributed by atoms with E-state index < -0.39 is 0 Å². The molecule has 0 saturated heterocycles. The lowest BCUT2D eigenvalue weighted by atomic mass is 10.2. The molecule has 0 fully saturated rings. The second-order valence-electron chi connectivity index (χ2n) is 4.37. The highest BCUT2D eigenvalue weighted by molar-refractivity contribution is 5.54. The molecule has 1 heterocycles. The summed E-state index contributed by atoms with van der Waals surface area (Å²) >= 11 is 0. The van der Waals surface area contributed by atoms with Crippen LogP contribution in [0.25, 0.3) is 11.5 Å². The van der Waals surface area contributed by atoms with E-state index >= 15 is 0 Å². The van der Waals surface area contributed by atoms with Gasteiger partial charge in [-0.15, -0.1) is 0 Å². The molecule has 1 aromatic carbocycles. The summed E-state index contributed by atoms with van der Waals surface area (Å²) in [6.07, 6.45) is 0.954. The van der Waals surface area contributed by atoms with E-state index in [9.17, 15) is 0 Å². The number of ether oxygens (including phenoxy) is 2. The zero-order chi connectivity index (χ0) is 14.4. The molecular formula is C14H19N3O3. The number of rotatable bonds is 7. The number of hydrogen-bond donors (Lipinski definition) is 1. The summed E-state index contributed by atoms with van der Waals surface area (Å²) in [5.74, 6) is 1.67. The van der Waals surface area contributed by atoms with Gasteiger partial charge in [0.25, 0.3) is 5.89 Å². The quantitative estimate of drug-likeness (QED) is 0.781. The molecule has 2 aromatic rings. The topological polar surface area (TPSA) is 83.4 Å². The largest absolute Gasteiger partial charge is 0.497 e. The zero-order valence-corrected chi connectivity index (χ0v) is 11.7. The van der Waals surface area contributed by atoms with Crippen molar-refractivity contribution in [2.45, 2.75) is 19.4 Å². The van der Waals surface area contributed by atoms with Crippen LogP contribution in [0.1, 0.15) is 25.2 Å². The molecule has 0 amide bonds. The van der Waals surface area contributed by atoms with Gasteiger partial charge in [-0.1, -0.05) is 12.1 Å². The fourth-order valence-corrected chi connectivity index (χ4v) is 1.67. The smallest absolute Gasteiger partial charge is 0.257 e. The lowest BCUT2D eigenvalue weighted by Crippen LogP contribution is -2.18. The van der Waals surface area contributed by atoms with Crippen LogP contribution >= 0.6 is 0 Å². The van der Waals surface area contributed by atoms with E-state index in [0.717, 1.165) is 17.7 Å². The summed E-state index contributed by atoms with van der Waals surface area (Å²) in [6.45, 7) is 3.11. The minimum atomic E-state index is -0.378. The maximum Gasteiger partial charge on any atom is 0.257 e. The Kier molecular flexibility index (Phi) is 5.09. The fraction of sp³-hybridized carbons (Fsp3) is 0.429. The first-order chi connectivity index (χ1) is 9.74. The molecule has 0 radical (unpaired) electrons. The molecule has 6 nitrogen and oxygen atoms in total. The number of benzene rings is 1. The highest BCUT2D eigenvalue weighted by Crippen LogP contribution is 2.21. The van der Waals surface area contributed by atoms with Crippen LogP contribution < -0.4 is 10.5 Å². The van der Waals surface area contributed by atoms with Crippen molar-refractivity contribution in [3.05, 3.63) is 30.1 Å². The summed E-state index contributed by atoms with van der Waals surface area (Å²) in [4.78, 5) is 4.29. The van der Waals surface area contributed by atoms with Crippen LogP contribution in [-0.2, 0) is 4.74 Å². The lowest BCUT2D eigenvalue weighted by Gasteiger charge is -2.06. The van der Waals surface area contributed by atoms with Crippen LogP contribution in [0.4, 0.5) is 0 Å². The van der Waals surface area contributed by atoms with Crippen molar-refractivity contribution in [3.8, 4) is 17.2 Å². The summed E-state index contributed by atoms with van der Waals surface area (Å²) in [5, 5.41) is 3.89. The average Bonchev–Trinajstić information content (AvgIpc) is 2.97. The van der Waals surface area contributed by atoms with Crippen LogP contribution in [0.15, 0.2) is 28.8 Å². The molecule has 0 spiro atoms. The predicted molar refractivity (Wildman–Crippen MR) is 74.3 cm³/mol. The Balaban J connectivity index is 2.03. The third kappa shape index (κ3) is 3.55. The van der Waals surface area contributed by atoms with Crippen molar-refractivity contribution in [2.24, 2.45) is 5.73 Å². The molecule has 0 bridgehead atoms. The number of aromatic nitrogens is 2. The Morgan fingerprint density at radius 1 is 1.30 bits per heavy atom. The van der Waals surface area contributed by atoms with Gasteiger partial charge in [0.2, 0.25) is 0 Å². The number of nitrogens with two attached hydrogens (primary N) is 1. The van der Waals surface area contributed by atoms with E-state index in [-0.39, 0.29) is 6.04 Å². The fourth-order valence-electron chi connectivity index (χ4n) is 1.67. The van der Waals surface area contributed by atoms with Crippen molar-refractivity contribution in [1.82, 2.24) is 10.1 Å². The number of methoxy groups -OCH3 is 1. The molecule has 20 heavy (non-hydrogen) atoms. The maximum atomic E-state index is 5.94. The summed E-state index contributed by atoms with van der Waals surface area (Å²) < 4.78 is 15.7. The SMILES string of the molecule is CCCOCC(N)c1noc(-c2ccc(OC)cc2)n1. The van der Waals surface area contributed by atoms with Gasteiger partial charge in [-0.05, 0) is 30.7 Å². The molecule has 0 saturated carbocycles. The van der Waals surface area contributed by atoms with Gasteiger partial charge in [0.05, 0.1) is 19.8 Å². The first-order valence-electron chi connectivity index (χ1n) is 6.56. The Bertz CT molecular complexity index is 525. The maximum absolute atomic E-state index is 5.94. The van der Waals surface area contributed by atoms with Crippen molar-refractivity contribution >= 4 is 0 Å². The van der Waals surface area contributed by atoms with E-state index in [1.54, 1.807) is 7.11 Å². The van der Waals surface area contributed by atoms with Gasteiger partial charge < -0.3 is 19.7 Å². The van der Waals surface area contributed by atoms with Crippen molar-refractivity contribution in [3.63, 3.8) is 0 Å². The molecule has 2 rings (SSSR count). The van der Waals surface area contributed by atoms with Gasteiger partial charge in [0.15, 0.2) is 5.82 Å². The molecule has 0 aliphatic heterocycles. The molecule has 6 heteroatoms.